The smallest absolute Gasteiger partial charge is 0.366 e. The first-order valence-electron chi connectivity index (χ1n) is 9.62. The molecule has 2 aromatic rings. The Kier molecular flexibility index (Phi) is 9.47. The Bertz CT molecular complexity index is 1130. The van der Waals surface area contributed by atoms with Crippen LogP contribution in [-0.4, -0.2) is 24.1 Å². The van der Waals surface area contributed by atoms with E-state index in [0.29, 0.717) is 6.07 Å². The van der Waals surface area contributed by atoms with Crippen molar-refractivity contribution >= 4 is 58.3 Å². The summed E-state index contributed by atoms with van der Waals surface area (Å²) in [5, 5.41) is -0.860. The SMILES string of the molecule is CSC[C@H](C)c1c(/C(F)=C/C(c2cc(Cl)c(Cl)c(Cl)c2)C(F)(F)F)ccc(C(N)=O)c1C(F)(F)F. The summed E-state index contributed by atoms with van der Waals surface area (Å²) in [7, 11) is 0. The second-order valence-corrected chi connectivity index (χ2v) is 9.60. The van der Waals surface area contributed by atoms with Crippen LogP contribution in [0.5, 0.6) is 0 Å². The molecule has 2 rings (SSSR count). The van der Waals surface area contributed by atoms with Crippen LogP contribution in [0.25, 0.3) is 5.83 Å². The molecule has 0 aliphatic heterocycles. The van der Waals surface area contributed by atoms with Crippen molar-refractivity contribution in [2.45, 2.75) is 31.1 Å². The minimum Gasteiger partial charge on any atom is -0.366 e. The first-order chi connectivity index (χ1) is 16.0. The number of carbonyl (C=O) groups is 1. The van der Waals surface area contributed by atoms with Crippen molar-refractivity contribution in [2.24, 2.45) is 5.73 Å². The molecule has 0 bridgehead atoms. The number of carbonyl (C=O) groups excluding carboxylic acids is 1. The summed E-state index contributed by atoms with van der Waals surface area (Å²) in [4.78, 5) is 11.7. The fourth-order valence-corrected chi connectivity index (χ4v) is 4.83. The van der Waals surface area contributed by atoms with Crippen molar-refractivity contribution in [1.82, 2.24) is 0 Å². The molecule has 0 heterocycles. The number of hydrogen-bond donors (Lipinski definition) is 1. The van der Waals surface area contributed by atoms with Gasteiger partial charge in [0.2, 0.25) is 5.91 Å². The molecule has 1 unspecified atom stereocenters. The van der Waals surface area contributed by atoms with Gasteiger partial charge in [-0.2, -0.15) is 38.1 Å². The first-order valence-corrected chi connectivity index (χ1v) is 12.1. The minimum absolute atomic E-state index is 0.0523. The zero-order valence-electron chi connectivity index (χ0n) is 17.9. The van der Waals surface area contributed by atoms with Crippen LogP contribution in [0, 0.1) is 0 Å². The van der Waals surface area contributed by atoms with Crippen LogP contribution in [0.4, 0.5) is 30.7 Å². The highest BCUT2D eigenvalue weighted by Crippen LogP contribution is 2.45. The van der Waals surface area contributed by atoms with Crippen molar-refractivity contribution in [3.63, 3.8) is 0 Å². The molecule has 2 aromatic carbocycles. The monoisotopic (exact) mass is 581 g/mol. The van der Waals surface area contributed by atoms with Crippen LogP contribution in [-0.2, 0) is 6.18 Å². The summed E-state index contributed by atoms with van der Waals surface area (Å²) >= 11 is 18.5. The molecule has 0 aromatic heterocycles. The van der Waals surface area contributed by atoms with E-state index in [2.05, 4.69) is 0 Å². The number of primary amides is 1. The fourth-order valence-electron chi connectivity index (χ4n) is 3.55. The van der Waals surface area contributed by atoms with E-state index >= 15 is 4.39 Å². The Morgan fingerprint density at radius 3 is 2.00 bits per heavy atom. The average molecular weight is 583 g/mol. The van der Waals surface area contributed by atoms with E-state index < -0.39 is 63.7 Å². The maximum Gasteiger partial charge on any atom is 0.417 e. The molecular weight excluding hydrogens is 566 g/mol. The van der Waals surface area contributed by atoms with Gasteiger partial charge in [-0.3, -0.25) is 4.79 Å². The van der Waals surface area contributed by atoms with E-state index in [0.717, 1.165) is 30.0 Å². The number of amides is 1. The third kappa shape index (κ3) is 6.78. The molecule has 1 amide bonds. The minimum atomic E-state index is -5.14. The lowest BCUT2D eigenvalue weighted by molar-refractivity contribution is -0.140. The van der Waals surface area contributed by atoms with Gasteiger partial charge in [0.15, 0.2) is 0 Å². The number of halogens is 10. The maximum atomic E-state index is 15.4. The van der Waals surface area contributed by atoms with E-state index in [9.17, 15) is 31.1 Å². The van der Waals surface area contributed by atoms with Crippen LogP contribution in [0.1, 0.15) is 51.4 Å². The van der Waals surface area contributed by atoms with Crippen LogP contribution < -0.4 is 5.73 Å². The van der Waals surface area contributed by atoms with Crippen molar-refractivity contribution in [3.05, 3.63) is 73.2 Å². The third-order valence-corrected chi connectivity index (χ3v) is 7.02. The predicted molar refractivity (Wildman–Crippen MR) is 126 cm³/mol. The first kappa shape index (κ1) is 29.6. The van der Waals surface area contributed by atoms with Crippen molar-refractivity contribution < 1.29 is 35.5 Å². The van der Waals surface area contributed by atoms with Gasteiger partial charge in [0.05, 0.1) is 26.2 Å². The van der Waals surface area contributed by atoms with E-state index in [1.807, 2.05) is 0 Å². The Morgan fingerprint density at radius 2 is 1.57 bits per heavy atom. The number of alkyl halides is 6. The second kappa shape index (κ2) is 11.2. The average Bonchev–Trinajstić information content (AvgIpc) is 2.72. The lowest BCUT2D eigenvalue weighted by atomic mass is 9.86. The van der Waals surface area contributed by atoms with Gasteiger partial charge in [-0.1, -0.05) is 47.8 Å². The molecule has 0 radical (unpaired) electrons. The number of thioether (sulfide) groups is 1. The van der Waals surface area contributed by atoms with E-state index in [4.69, 9.17) is 40.5 Å². The Balaban J connectivity index is 2.86. The molecule has 0 aliphatic carbocycles. The lowest BCUT2D eigenvalue weighted by Crippen LogP contribution is -2.23. The Labute approximate surface area is 215 Å². The van der Waals surface area contributed by atoms with Gasteiger partial charge in [0, 0.05) is 5.56 Å². The van der Waals surface area contributed by atoms with Crippen LogP contribution >= 0.6 is 46.6 Å². The van der Waals surface area contributed by atoms with Crippen LogP contribution in [0.2, 0.25) is 15.1 Å². The number of nitrogens with two attached hydrogens (primary N) is 1. The molecular formula is C22H17Cl3F7NOS. The van der Waals surface area contributed by atoms with Crippen molar-refractivity contribution in [2.75, 3.05) is 12.0 Å². The molecule has 0 saturated heterocycles. The highest BCUT2D eigenvalue weighted by Gasteiger charge is 2.42. The summed E-state index contributed by atoms with van der Waals surface area (Å²) < 4.78 is 99.0. The predicted octanol–water partition coefficient (Wildman–Crippen LogP) is 8.89. The van der Waals surface area contributed by atoms with Gasteiger partial charge in [-0.05, 0) is 53.3 Å². The molecule has 2 atom stereocenters. The molecule has 0 saturated carbocycles. The number of benzene rings is 2. The number of hydrogen-bond acceptors (Lipinski definition) is 2. The van der Waals surface area contributed by atoms with E-state index in [1.165, 1.54) is 6.92 Å². The summed E-state index contributed by atoms with van der Waals surface area (Å²) in [5.74, 6) is -6.57. The van der Waals surface area contributed by atoms with Crippen LogP contribution in [0.3, 0.4) is 0 Å². The van der Waals surface area contributed by atoms with E-state index in [-0.39, 0.29) is 26.9 Å². The van der Waals surface area contributed by atoms with E-state index in [1.54, 1.807) is 6.26 Å². The molecule has 0 spiro atoms. The van der Waals surface area contributed by atoms with Gasteiger partial charge in [-0.25, -0.2) is 4.39 Å². The molecule has 35 heavy (non-hydrogen) atoms. The molecule has 0 fully saturated rings. The molecule has 2 N–H and O–H groups in total. The highest BCUT2D eigenvalue weighted by atomic mass is 35.5. The molecule has 0 aliphatic rings. The maximum absolute atomic E-state index is 15.4. The summed E-state index contributed by atoms with van der Waals surface area (Å²) in [5.41, 5.74) is 0.694. The zero-order chi connectivity index (χ0) is 26.9. The van der Waals surface area contributed by atoms with Crippen molar-refractivity contribution in [3.8, 4) is 0 Å². The van der Waals surface area contributed by atoms with Gasteiger partial charge in [-0.15, -0.1) is 0 Å². The normalized spacial score (nSPS) is 14.7. The number of allylic oxidation sites excluding steroid dienone is 1. The van der Waals surface area contributed by atoms with Gasteiger partial charge >= 0.3 is 12.4 Å². The lowest BCUT2D eigenvalue weighted by Gasteiger charge is -2.24. The summed E-state index contributed by atoms with van der Waals surface area (Å²) in [6.45, 7) is 1.34. The van der Waals surface area contributed by atoms with Gasteiger partial charge in [0.25, 0.3) is 0 Å². The number of rotatable bonds is 7. The molecule has 192 valence electrons. The summed E-state index contributed by atoms with van der Waals surface area (Å²) in [6, 6.07) is 3.13. The fraction of sp³-hybridized carbons (Fsp3) is 0.318. The standard InChI is InChI=1S/C22H17Cl3F7NOS/c1-9(8-35-2)17-11(3-4-12(20(33)34)18(17)22(30,31)32)16(26)7-13(21(27,28)29)10-5-14(23)19(25)15(24)6-10/h3-7,9,13H,8H2,1-2H3,(H2,33,34)/b16-7-/t9-,13?/m0/s1. The highest BCUT2D eigenvalue weighted by molar-refractivity contribution is 7.98. The molecule has 13 heteroatoms. The zero-order valence-corrected chi connectivity index (χ0v) is 21.0. The van der Waals surface area contributed by atoms with Gasteiger partial charge in [0.1, 0.15) is 11.7 Å². The second-order valence-electron chi connectivity index (χ2n) is 7.50. The third-order valence-electron chi connectivity index (χ3n) is 4.99. The summed E-state index contributed by atoms with van der Waals surface area (Å²) in [6.07, 6.45) is -8.49. The Hall–Kier alpha value is -1.62. The topological polar surface area (TPSA) is 43.1 Å². The van der Waals surface area contributed by atoms with Gasteiger partial charge < -0.3 is 5.73 Å². The van der Waals surface area contributed by atoms with Crippen LogP contribution in [0.15, 0.2) is 30.3 Å². The Morgan fingerprint density at radius 1 is 1.06 bits per heavy atom. The van der Waals surface area contributed by atoms with Crippen molar-refractivity contribution in [1.29, 1.82) is 0 Å². The largest absolute Gasteiger partial charge is 0.417 e. The quantitative estimate of drug-likeness (QED) is 0.262. The molecule has 2 nitrogen and oxygen atoms in total.